The summed E-state index contributed by atoms with van der Waals surface area (Å²) in [5, 5.41) is 3.45. The van der Waals surface area contributed by atoms with Crippen LogP contribution in [0.1, 0.15) is 70.4 Å². The Labute approximate surface area is 146 Å². The van der Waals surface area contributed by atoms with Crippen molar-refractivity contribution in [3.8, 4) is 0 Å². The smallest absolute Gasteiger partial charge is 0.225 e. The first kappa shape index (κ1) is 17.5. The van der Waals surface area contributed by atoms with E-state index >= 15 is 0 Å². The fraction of sp³-hybridized carbons (Fsp3) is 0.667. The molecule has 24 heavy (non-hydrogen) atoms. The van der Waals surface area contributed by atoms with E-state index in [9.17, 15) is 4.79 Å². The lowest BCUT2D eigenvalue weighted by Gasteiger charge is -2.41. The van der Waals surface area contributed by atoms with Gasteiger partial charge in [0.2, 0.25) is 5.91 Å². The van der Waals surface area contributed by atoms with Gasteiger partial charge in [-0.25, -0.2) is 0 Å². The van der Waals surface area contributed by atoms with Gasteiger partial charge in [0.1, 0.15) is 0 Å². The summed E-state index contributed by atoms with van der Waals surface area (Å²) in [7, 11) is 0. The monoisotopic (exact) mass is 328 g/mol. The zero-order chi connectivity index (χ0) is 17.2. The molecule has 1 heterocycles. The molecule has 3 nitrogen and oxygen atoms in total. The van der Waals surface area contributed by atoms with E-state index in [0.29, 0.717) is 0 Å². The molecule has 2 aliphatic rings. The normalized spacial score (nSPS) is 20.6. The zero-order valence-corrected chi connectivity index (χ0v) is 15.5. The maximum absolute atomic E-state index is 12.6. The average Bonchev–Trinajstić information content (AvgIpc) is 2.96. The number of fused-ring (bicyclic) bond motifs is 1. The van der Waals surface area contributed by atoms with Crippen LogP contribution < -0.4 is 5.32 Å². The number of benzene rings is 1. The molecule has 1 amide bonds. The van der Waals surface area contributed by atoms with Gasteiger partial charge >= 0.3 is 0 Å². The highest BCUT2D eigenvalue weighted by molar-refractivity contribution is 5.82. The highest BCUT2D eigenvalue weighted by Gasteiger charge is 2.36. The van der Waals surface area contributed by atoms with Crippen LogP contribution in [0.4, 0.5) is 0 Å². The van der Waals surface area contributed by atoms with Gasteiger partial charge in [0, 0.05) is 30.6 Å². The van der Waals surface area contributed by atoms with Crippen molar-refractivity contribution in [3.05, 3.63) is 35.4 Å². The number of amides is 1. The molecule has 0 bridgehead atoms. The molecule has 3 heteroatoms. The first-order valence-corrected chi connectivity index (χ1v) is 9.50. The molecule has 0 aromatic heterocycles. The maximum Gasteiger partial charge on any atom is 0.225 e. The summed E-state index contributed by atoms with van der Waals surface area (Å²) >= 11 is 0. The third-order valence-electron chi connectivity index (χ3n) is 5.68. The van der Waals surface area contributed by atoms with Crippen molar-refractivity contribution >= 4 is 5.91 Å². The third-order valence-corrected chi connectivity index (χ3v) is 5.68. The molecule has 1 aliphatic carbocycles. The van der Waals surface area contributed by atoms with Crippen LogP contribution in [0.5, 0.6) is 0 Å². The minimum absolute atomic E-state index is 0.0113. The summed E-state index contributed by atoms with van der Waals surface area (Å²) < 4.78 is 0. The highest BCUT2D eigenvalue weighted by Crippen LogP contribution is 2.33. The van der Waals surface area contributed by atoms with E-state index in [0.717, 1.165) is 38.9 Å². The number of carbonyl (C=O) groups is 1. The van der Waals surface area contributed by atoms with Gasteiger partial charge in [-0.05, 0) is 30.4 Å². The van der Waals surface area contributed by atoms with Crippen LogP contribution >= 0.6 is 0 Å². The van der Waals surface area contributed by atoms with Crippen LogP contribution in [0.2, 0.25) is 0 Å². The van der Waals surface area contributed by atoms with Gasteiger partial charge in [0.25, 0.3) is 0 Å². The topological polar surface area (TPSA) is 32.3 Å². The van der Waals surface area contributed by atoms with Crippen LogP contribution in [0, 0.1) is 5.41 Å². The van der Waals surface area contributed by atoms with Gasteiger partial charge < -0.3 is 5.32 Å². The van der Waals surface area contributed by atoms with Crippen LogP contribution in [0.25, 0.3) is 0 Å². The van der Waals surface area contributed by atoms with Gasteiger partial charge in [-0.2, -0.15) is 0 Å². The van der Waals surface area contributed by atoms with Crippen molar-refractivity contribution in [2.45, 2.75) is 77.9 Å². The van der Waals surface area contributed by atoms with Gasteiger partial charge in [0.05, 0.1) is 0 Å². The van der Waals surface area contributed by atoms with Crippen molar-refractivity contribution < 1.29 is 4.79 Å². The first-order chi connectivity index (χ1) is 11.4. The number of rotatable bonds is 4. The quantitative estimate of drug-likeness (QED) is 0.896. The van der Waals surface area contributed by atoms with E-state index in [4.69, 9.17) is 0 Å². The molecular formula is C21H32N2O. The fourth-order valence-electron chi connectivity index (χ4n) is 4.03. The first-order valence-electron chi connectivity index (χ1n) is 9.50. The van der Waals surface area contributed by atoms with Crippen LogP contribution in [0.3, 0.4) is 0 Å². The number of carbonyl (C=O) groups excluding carboxylic acids is 1. The van der Waals surface area contributed by atoms with Crippen molar-refractivity contribution in [1.29, 1.82) is 0 Å². The molecule has 0 radical (unpaired) electrons. The summed E-state index contributed by atoms with van der Waals surface area (Å²) in [6, 6.07) is 8.75. The van der Waals surface area contributed by atoms with Gasteiger partial charge in [-0.3, -0.25) is 9.69 Å². The second-order valence-electron chi connectivity index (χ2n) is 8.77. The standard InChI is InChI=1S/C21H32N2O/c1-20(2,3)19(24)22-21(11-7-4-8-12-21)13-14-23-15-17-9-5-6-10-18(17)16-23/h5-6,9-10H,4,7-8,11-16H2,1-3H3,(H,22,24). The summed E-state index contributed by atoms with van der Waals surface area (Å²) in [6.45, 7) is 9.21. The minimum Gasteiger partial charge on any atom is -0.350 e. The molecule has 1 N–H and O–H groups in total. The van der Waals surface area contributed by atoms with E-state index in [-0.39, 0.29) is 16.9 Å². The molecule has 1 aromatic rings. The Bertz CT molecular complexity index is 557. The third kappa shape index (κ3) is 4.00. The van der Waals surface area contributed by atoms with E-state index in [1.807, 2.05) is 20.8 Å². The Morgan fingerprint density at radius 3 is 2.21 bits per heavy atom. The largest absolute Gasteiger partial charge is 0.350 e. The van der Waals surface area contributed by atoms with Crippen LogP contribution in [-0.4, -0.2) is 22.9 Å². The van der Waals surface area contributed by atoms with Crippen molar-refractivity contribution in [1.82, 2.24) is 10.2 Å². The molecule has 1 aromatic carbocycles. The Morgan fingerprint density at radius 2 is 1.67 bits per heavy atom. The van der Waals surface area contributed by atoms with Crippen LogP contribution in [0.15, 0.2) is 24.3 Å². The SMILES string of the molecule is CC(C)(C)C(=O)NC1(CCN2Cc3ccccc3C2)CCCCC1. The lowest BCUT2D eigenvalue weighted by atomic mass is 9.78. The Balaban J connectivity index is 1.62. The summed E-state index contributed by atoms with van der Waals surface area (Å²) in [5.41, 5.74) is 2.63. The zero-order valence-electron chi connectivity index (χ0n) is 15.5. The fourth-order valence-corrected chi connectivity index (χ4v) is 4.03. The number of nitrogens with zero attached hydrogens (tertiary/aromatic N) is 1. The van der Waals surface area contributed by atoms with Crippen LogP contribution in [-0.2, 0) is 17.9 Å². The summed E-state index contributed by atoms with van der Waals surface area (Å²) in [6.07, 6.45) is 7.13. The highest BCUT2D eigenvalue weighted by atomic mass is 16.2. The van der Waals surface area contributed by atoms with Gasteiger partial charge in [-0.1, -0.05) is 64.3 Å². The Morgan fingerprint density at radius 1 is 1.08 bits per heavy atom. The van der Waals surface area contributed by atoms with Gasteiger partial charge in [-0.15, -0.1) is 0 Å². The molecular weight excluding hydrogens is 296 g/mol. The van der Waals surface area contributed by atoms with E-state index in [2.05, 4.69) is 34.5 Å². The summed E-state index contributed by atoms with van der Waals surface area (Å²) in [4.78, 5) is 15.1. The maximum atomic E-state index is 12.6. The van der Waals surface area contributed by atoms with E-state index in [1.54, 1.807) is 0 Å². The molecule has 1 fully saturated rings. The second kappa shape index (κ2) is 6.87. The molecule has 0 atom stereocenters. The second-order valence-corrected chi connectivity index (χ2v) is 8.77. The Kier molecular flexibility index (Phi) is 5.00. The molecule has 0 spiro atoms. The molecule has 0 unspecified atom stereocenters. The predicted octanol–water partition coefficient (Wildman–Crippen LogP) is 4.26. The van der Waals surface area contributed by atoms with Crippen molar-refractivity contribution in [3.63, 3.8) is 0 Å². The molecule has 0 saturated heterocycles. The molecule has 1 aliphatic heterocycles. The van der Waals surface area contributed by atoms with Crippen molar-refractivity contribution in [2.75, 3.05) is 6.54 Å². The summed E-state index contributed by atoms with van der Waals surface area (Å²) in [5.74, 6) is 0.203. The van der Waals surface area contributed by atoms with Crippen molar-refractivity contribution in [2.24, 2.45) is 5.41 Å². The molecule has 132 valence electrons. The van der Waals surface area contributed by atoms with E-state index < -0.39 is 0 Å². The Hall–Kier alpha value is -1.35. The lowest BCUT2D eigenvalue weighted by molar-refractivity contribution is -0.131. The number of hydrogen-bond donors (Lipinski definition) is 1. The number of nitrogens with one attached hydrogen (secondary N) is 1. The van der Waals surface area contributed by atoms with Gasteiger partial charge in [0.15, 0.2) is 0 Å². The number of hydrogen-bond acceptors (Lipinski definition) is 2. The molecule has 1 saturated carbocycles. The predicted molar refractivity (Wildman–Crippen MR) is 98.6 cm³/mol. The average molecular weight is 329 g/mol. The van der Waals surface area contributed by atoms with E-state index in [1.165, 1.54) is 30.4 Å². The molecule has 3 rings (SSSR count). The minimum atomic E-state index is -0.311. The lowest BCUT2D eigenvalue weighted by Crippen LogP contribution is -2.54.